The van der Waals surface area contributed by atoms with Crippen molar-refractivity contribution in [3.8, 4) is 11.5 Å². The Morgan fingerprint density at radius 2 is 1.63 bits per heavy atom. The Labute approximate surface area is 162 Å². The summed E-state index contributed by atoms with van der Waals surface area (Å²) in [5.41, 5.74) is 0.927. The van der Waals surface area contributed by atoms with E-state index in [9.17, 15) is 13.2 Å². The highest BCUT2D eigenvalue weighted by Crippen LogP contribution is 2.22. The van der Waals surface area contributed by atoms with Crippen LogP contribution in [0.3, 0.4) is 0 Å². The molecule has 0 saturated carbocycles. The molecule has 0 spiro atoms. The maximum atomic E-state index is 12.2. The summed E-state index contributed by atoms with van der Waals surface area (Å²) in [6.07, 6.45) is 2.96. The van der Waals surface area contributed by atoms with Crippen LogP contribution in [0.1, 0.15) is 45.1 Å². The number of ether oxygens (including phenoxy) is 1. The second-order valence-electron chi connectivity index (χ2n) is 7.00. The molecule has 0 aromatic heterocycles. The smallest absolute Gasteiger partial charge is 0.152 e. The standard InChI is InChI=1S/C22H28O4S/c1-18(2)27(24,25)15-8-4-5-11-20(23)16-19-10-9-14-22(17-19)26-21-12-6-3-7-13-21/h3,6-7,9-10,12-14,17-18H,4-5,8,11,15-16H2,1-2H3. The molecule has 0 N–H and O–H groups in total. The first-order valence-electron chi connectivity index (χ1n) is 9.42. The molecule has 0 fully saturated rings. The number of ketones is 1. The molecule has 5 heteroatoms. The molecular formula is C22H28O4S. The molecule has 0 heterocycles. The van der Waals surface area contributed by atoms with Crippen LogP contribution in [0.5, 0.6) is 11.5 Å². The second kappa shape index (κ2) is 10.3. The summed E-state index contributed by atoms with van der Waals surface area (Å²) < 4.78 is 29.3. The lowest BCUT2D eigenvalue weighted by molar-refractivity contribution is -0.118. The average molecular weight is 389 g/mol. The summed E-state index contributed by atoms with van der Waals surface area (Å²) in [6.45, 7) is 3.41. The highest BCUT2D eigenvalue weighted by molar-refractivity contribution is 7.91. The van der Waals surface area contributed by atoms with Crippen molar-refractivity contribution in [2.45, 2.75) is 51.2 Å². The highest BCUT2D eigenvalue weighted by Gasteiger charge is 2.15. The topological polar surface area (TPSA) is 60.4 Å². The van der Waals surface area contributed by atoms with Gasteiger partial charge in [0, 0.05) is 12.8 Å². The van der Waals surface area contributed by atoms with Gasteiger partial charge in [-0.3, -0.25) is 4.79 Å². The van der Waals surface area contributed by atoms with Gasteiger partial charge in [-0.1, -0.05) is 36.8 Å². The van der Waals surface area contributed by atoms with Crippen LogP contribution < -0.4 is 4.74 Å². The summed E-state index contributed by atoms with van der Waals surface area (Å²) in [7, 11) is -2.98. The third-order valence-corrected chi connectivity index (χ3v) is 6.68. The van der Waals surface area contributed by atoms with Crippen molar-refractivity contribution < 1.29 is 17.9 Å². The number of para-hydroxylation sites is 1. The third kappa shape index (κ3) is 7.55. The number of Topliss-reactive ketones (excluding diaryl/α,β-unsaturated/α-hetero) is 1. The van der Waals surface area contributed by atoms with Crippen LogP contribution in [0.4, 0.5) is 0 Å². The van der Waals surface area contributed by atoms with E-state index in [0.29, 0.717) is 25.0 Å². The van der Waals surface area contributed by atoms with Crippen molar-refractivity contribution in [1.29, 1.82) is 0 Å². The molecule has 0 unspecified atom stereocenters. The molecular weight excluding hydrogens is 360 g/mol. The number of hydrogen-bond acceptors (Lipinski definition) is 4. The fraction of sp³-hybridized carbons (Fsp3) is 0.409. The Kier molecular flexibility index (Phi) is 8.04. The number of unbranched alkanes of at least 4 members (excludes halogenated alkanes) is 2. The van der Waals surface area contributed by atoms with Crippen LogP contribution in [-0.2, 0) is 21.1 Å². The summed E-state index contributed by atoms with van der Waals surface area (Å²) in [4.78, 5) is 12.2. The Hall–Kier alpha value is -2.14. The predicted molar refractivity (Wildman–Crippen MR) is 109 cm³/mol. The minimum Gasteiger partial charge on any atom is -0.457 e. The van der Waals surface area contributed by atoms with Crippen molar-refractivity contribution in [3.63, 3.8) is 0 Å². The number of hydrogen-bond donors (Lipinski definition) is 0. The number of carbonyl (C=O) groups excluding carboxylic acids is 1. The van der Waals surface area contributed by atoms with Gasteiger partial charge in [-0.25, -0.2) is 8.42 Å². The van der Waals surface area contributed by atoms with E-state index in [-0.39, 0.29) is 16.8 Å². The molecule has 0 aliphatic carbocycles. The van der Waals surface area contributed by atoms with E-state index in [2.05, 4.69) is 0 Å². The molecule has 0 aliphatic rings. The third-order valence-electron chi connectivity index (χ3n) is 4.38. The fourth-order valence-corrected chi connectivity index (χ4v) is 3.78. The van der Waals surface area contributed by atoms with E-state index in [4.69, 9.17) is 4.74 Å². The monoisotopic (exact) mass is 388 g/mol. The Bertz CT molecular complexity index is 826. The van der Waals surface area contributed by atoms with Gasteiger partial charge in [0.1, 0.15) is 17.3 Å². The van der Waals surface area contributed by atoms with E-state index in [1.54, 1.807) is 13.8 Å². The van der Waals surface area contributed by atoms with E-state index < -0.39 is 9.84 Å². The van der Waals surface area contributed by atoms with Gasteiger partial charge in [0.05, 0.1) is 11.0 Å². The van der Waals surface area contributed by atoms with Gasteiger partial charge in [0.15, 0.2) is 9.84 Å². The number of carbonyl (C=O) groups is 1. The number of sulfone groups is 1. The first kappa shape index (κ1) is 21.2. The quantitative estimate of drug-likeness (QED) is 0.510. The lowest BCUT2D eigenvalue weighted by Crippen LogP contribution is -2.17. The van der Waals surface area contributed by atoms with E-state index in [0.717, 1.165) is 24.2 Å². The molecule has 2 rings (SSSR count). The molecule has 0 aliphatic heterocycles. The molecule has 0 atom stereocenters. The summed E-state index contributed by atoms with van der Waals surface area (Å²) >= 11 is 0. The first-order chi connectivity index (χ1) is 12.9. The lowest BCUT2D eigenvalue weighted by Gasteiger charge is -2.08. The van der Waals surface area contributed by atoms with E-state index >= 15 is 0 Å². The van der Waals surface area contributed by atoms with Crippen molar-refractivity contribution >= 4 is 15.6 Å². The molecule has 146 valence electrons. The normalized spacial score (nSPS) is 11.5. The van der Waals surface area contributed by atoms with Crippen LogP contribution >= 0.6 is 0 Å². The molecule has 2 aromatic carbocycles. The molecule has 0 amide bonds. The van der Waals surface area contributed by atoms with Gasteiger partial charge in [0.25, 0.3) is 0 Å². The fourth-order valence-electron chi connectivity index (χ4n) is 2.70. The van der Waals surface area contributed by atoms with Crippen molar-refractivity contribution in [1.82, 2.24) is 0 Å². The van der Waals surface area contributed by atoms with Crippen LogP contribution in [0, 0.1) is 0 Å². The van der Waals surface area contributed by atoms with Gasteiger partial charge in [-0.15, -0.1) is 0 Å². The van der Waals surface area contributed by atoms with Gasteiger partial charge in [-0.05, 0) is 56.5 Å². The Morgan fingerprint density at radius 1 is 0.926 bits per heavy atom. The molecule has 4 nitrogen and oxygen atoms in total. The minimum absolute atomic E-state index is 0.165. The minimum atomic E-state index is -2.98. The van der Waals surface area contributed by atoms with Crippen LogP contribution in [0.2, 0.25) is 0 Å². The zero-order valence-electron chi connectivity index (χ0n) is 16.1. The lowest BCUT2D eigenvalue weighted by atomic mass is 10.0. The predicted octanol–water partition coefficient (Wildman–Crippen LogP) is 4.97. The summed E-state index contributed by atoms with van der Waals surface area (Å²) in [6, 6.07) is 17.1. The van der Waals surface area contributed by atoms with Gasteiger partial charge >= 0.3 is 0 Å². The molecule has 0 radical (unpaired) electrons. The van der Waals surface area contributed by atoms with Crippen LogP contribution in [0.15, 0.2) is 54.6 Å². The largest absolute Gasteiger partial charge is 0.457 e. The van der Waals surface area contributed by atoms with Crippen LogP contribution in [-0.4, -0.2) is 25.2 Å². The van der Waals surface area contributed by atoms with Crippen LogP contribution in [0.25, 0.3) is 0 Å². The first-order valence-corrected chi connectivity index (χ1v) is 11.1. The number of benzene rings is 2. The summed E-state index contributed by atoms with van der Waals surface area (Å²) in [5, 5.41) is -0.329. The van der Waals surface area contributed by atoms with Gasteiger partial charge < -0.3 is 4.74 Å². The molecule has 27 heavy (non-hydrogen) atoms. The highest BCUT2D eigenvalue weighted by atomic mass is 32.2. The second-order valence-corrected chi connectivity index (χ2v) is 9.68. The molecule has 0 saturated heterocycles. The maximum absolute atomic E-state index is 12.2. The maximum Gasteiger partial charge on any atom is 0.152 e. The van der Waals surface area contributed by atoms with Gasteiger partial charge in [-0.2, -0.15) is 0 Å². The van der Waals surface area contributed by atoms with Crippen molar-refractivity contribution in [2.24, 2.45) is 0 Å². The zero-order chi connectivity index (χ0) is 19.7. The Balaban J connectivity index is 1.75. The SMILES string of the molecule is CC(C)S(=O)(=O)CCCCCC(=O)Cc1cccc(Oc2ccccc2)c1. The van der Waals surface area contributed by atoms with Gasteiger partial charge in [0.2, 0.25) is 0 Å². The molecule has 0 bridgehead atoms. The van der Waals surface area contributed by atoms with Crippen molar-refractivity contribution in [2.75, 3.05) is 5.75 Å². The summed E-state index contributed by atoms with van der Waals surface area (Å²) in [5.74, 6) is 1.85. The van der Waals surface area contributed by atoms with Crippen molar-refractivity contribution in [3.05, 3.63) is 60.2 Å². The number of rotatable bonds is 11. The van der Waals surface area contributed by atoms with E-state index in [1.165, 1.54) is 0 Å². The molecule has 2 aromatic rings. The zero-order valence-corrected chi connectivity index (χ0v) is 16.9. The average Bonchev–Trinajstić information content (AvgIpc) is 2.62. The van der Waals surface area contributed by atoms with E-state index in [1.807, 2.05) is 54.6 Å². The Morgan fingerprint density at radius 3 is 2.33 bits per heavy atom.